The van der Waals surface area contributed by atoms with Gasteiger partial charge in [-0.15, -0.1) is 0 Å². The van der Waals surface area contributed by atoms with Crippen molar-refractivity contribution in [3.63, 3.8) is 0 Å². The Morgan fingerprint density at radius 1 is 0.864 bits per heavy atom. The molecular weight excluding hydrogens is 284 g/mol. The lowest BCUT2D eigenvalue weighted by Crippen LogP contribution is -2.08. The van der Waals surface area contributed by atoms with Gasteiger partial charge in [0.05, 0.1) is 5.52 Å². The van der Waals surface area contributed by atoms with E-state index in [2.05, 4.69) is 4.98 Å². The Bertz CT molecular complexity index is 838. The summed E-state index contributed by atoms with van der Waals surface area (Å²) in [7, 11) is 0. The summed E-state index contributed by atoms with van der Waals surface area (Å²) >= 11 is 0. The van der Waals surface area contributed by atoms with E-state index in [-0.39, 0.29) is 5.52 Å². The highest BCUT2D eigenvalue weighted by Crippen LogP contribution is 2.24. The van der Waals surface area contributed by atoms with Crippen LogP contribution in [0.3, 0.4) is 0 Å². The number of nitrogens with one attached hydrogen (secondary N) is 1. The zero-order valence-electron chi connectivity index (χ0n) is 13.6. The molecule has 0 bridgehead atoms. The van der Waals surface area contributed by atoms with Crippen LogP contribution in [0.25, 0.3) is 21.7 Å². The molecule has 118 valence electrons. The molecule has 22 heavy (non-hydrogen) atoms. The number of pyridine rings is 1. The Balaban J connectivity index is 0.000000561. The van der Waals surface area contributed by atoms with Crippen LogP contribution in [0.2, 0.25) is 0 Å². The molecule has 0 amide bonds. The van der Waals surface area contributed by atoms with Gasteiger partial charge in [-0.1, -0.05) is 45.4 Å². The van der Waals surface area contributed by atoms with E-state index in [1.807, 2.05) is 40.7 Å². The van der Waals surface area contributed by atoms with Gasteiger partial charge < -0.3 is 4.98 Å². The summed E-state index contributed by atoms with van der Waals surface area (Å²) in [5.41, 5.74) is 0.442. The molecule has 0 aliphatic rings. The summed E-state index contributed by atoms with van der Waals surface area (Å²) < 4.78 is 26.8. The molecule has 0 aliphatic heterocycles. The first kappa shape index (κ1) is 17.8. The lowest BCUT2D eigenvalue weighted by molar-refractivity contribution is 0.515. The number of benzene rings is 2. The van der Waals surface area contributed by atoms with Gasteiger partial charge in [0.25, 0.3) is 5.56 Å². The standard InChI is InChI=1S/C14H9F2NO.2C2H6/c1-7-2-3-8-9-4-5-11(15)12(16)13(9)17-14(18)10(8)6-7;2*1-2/h2-6H,1H3,(H,17,18);2*1-2H3. The van der Waals surface area contributed by atoms with E-state index in [9.17, 15) is 13.6 Å². The fraction of sp³-hybridized carbons (Fsp3) is 0.278. The minimum Gasteiger partial charge on any atom is -0.319 e. The topological polar surface area (TPSA) is 32.9 Å². The van der Waals surface area contributed by atoms with Gasteiger partial charge in [-0.25, -0.2) is 8.78 Å². The molecular formula is C18H21F2NO. The first-order valence-corrected chi connectivity index (χ1v) is 7.48. The fourth-order valence-electron chi connectivity index (χ4n) is 2.16. The maximum Gasteiger partial charge on any atom is 0.256 e. The van der Waals surface area contributed by atoms with Gasteiger partial charge in [0.15, 0.2) is 11.6 Å². The molecule has 0 aliphatic carbocycles. The molecule has 3 aromatic rings. The molecule has 0 saturated heterocycles. The van der Waals surface area contributed by atoms with Crippen LogP contribution in [-0.4, -0.2) is 4.98 Å². The number of hydrogen-bond acceptors (Lipinski definition) is 1. The molecule has 1 heterocycles. The summed E-state index contributed by atoms with van der Waals surface area (Å²) in [6, 6.07) is 7.85. The molecule has 0 unspecified atom stereocenters. The SMILES string of the molecule is CC.CC.Cc1ccc2c(c1)c(=O)[nH]c1c(F)c(F)ccc12. The second-order valence-electron chi connectivity index (χ2n) is 4.29. The summed E-state index contributed by atoms with van der Waals surface area (Å²) in [5, 5.41) is 1.61. The Morgan fingerprint density at radius 3 is 2.09 bits per heavy atom. The van der Waals surface area contributed by atoms with Crippen molar-refractivity contribution in [2.45, 2.75) is 34.6 Å². The highest BCUT2D eigenvalue weighted by atomic mass is 19.2. The van der Waals surface area contributed by atoms with Crippen LogP contribution in [0.5, 0.6) is 0 Å². The maximum absolute atomic E-state index is 13.6. The van der Waals surface area contributed by atoms with E-state index < -0.39 is 17.2 Å². The Hall–Kier alpha value is -2.23. The van der Waals surface area contributed by atoms with Gasteiger partial charge in [-0.05, 0) is 30.5 Å². The van der Waals surface area contributed by atoms with E-state index in [1.165, 1.54) is 6.07 Å². The molecule has 0 saturated carbocycles. The van der Waals surface area contributed by atoms with Gasteiger partial charge in [0.2, 0.25) is 0 Å². The third kappa shape index (κ3) is 3.16. The van der Waals surface area contributed by atoms with E-state index >= 15 is 0 Å². The van der Waals surface area contributed by atoms with Crippen molar-refractivity contribution < 1.29 is 8.78 Å². The van der Waals surface area contributed by atoms with Crippen LogP contribution < -0.4 is 5.56 Å². The van der Waals surface area contributed by atoms with Gasteiger partial charge in [0.1, 0.15) is 0 Å². The molecule has 1 N–H and O–H groups in total. The van der Waals surface area contributed by atoms with Crippen molar-refractivity contribution in [2.24, 2.45) is 0 Å². The zero-order chi connectivity index (χ0) is 16.9. The van der Waals surface area contributed by atoms with Gasteiger partial charge in [-0.2, -0.15) is 0 Å². The Morgan fingerprint density at radius 2 is 1.45 bits per heavy atom. The normalized spacial score (nSPS) is 9.77. The predicted octanol–water partition coefficient (Wildman–Crippen LogP) is 5.32. The molecule has 2 aromatic carbocycles. The predicted molar refractivity (Wildman–Crippen MR) is 89.4 cm³/mol. The second kappa shape index (κ2) is 7.69. The number of rotatable bonds is 0. The van der Waals surface area contributed by atoms with E-state index in [0.29, 0.717) is 16.2 Å². The Labute approximate surface area is 128 Å². The monoisotopic (exact) mass is 305 g/mol. The molecule has 2 nitrogen and oxygen atoms in total. The maximum atomic E-state index is 13.6. The van der Waals surface area contributed by atoms with Crippen molar-refractivity contribution in [3.8, 4) is 0 Å². The lowest BCUT2D eigenvalue weighted by atomic mass is 10.0. The van der Waals surface area contributed by atoms with Gasteiger partial charge >= 0.3 is 0 Å². The number of fused-ring (bicyclic) bond motifs is 3. The quantitative estimate of drug-likeness (QED) is 0.560. The number of aryl methyl sites for hydroxylation is 1. The van der Waals surface area contributed by atoms with Crippen molar-refractivity contribution >= 4 is 21.7 Å². The van der Waals surface area contributed by atoms with Crippen molar-refractivity contribution in [1.29, 1.82) is 0 Å². The average molecular weight is 305 g/mol. The van der Waals surface area contributed by atoms with Crippen molar-refractivity contribution in [2.75, 3.05) is 0 Å². The van der Waals surface area contributed by atoms with E-state index in [4.69, 9.17) is 0 Å². The van der Waals surface area contributed by atoms with Crippen LogP contribution in [-0.2, 0) is 0 Å². The number of aromatic nitrogens is 1. The molecule has 4 heteroatoms. The Kier molecular flexibility index (Phi) is 6.23. The zero-order valence-corrected chi connectivity index (χ0v) is 13.6. The number of H-pyrrole nitrogens is 1. The van der Waals surface area contributed by atoms with E-state index in [1.54, 1.807) is 12.1 Å². The third-order valence-corrected chi connectivity index (χ3v) is 3.04. The average Bonchev–Trinajstić information content (AvgIpc) is 2.56. The first-order valence-electron chi connectivity index (χ1n) is 7.48. The minimum atomic E-state index is -1.02. The summed E-state index contributed by atoms with van der Waals surface area (Å²) in [6.07, 6.45) is 0. The van der Waals surface area contributed by atoms with Crippen LogP contribution in [0.4, 0.5) is 8.78 Å². The first-order chi connectivity index (χ1) is 10.6. The largest absolute Gasteiger partial charge is 0.319 e. The third-order valence-electron chi connectivity index (χ3n) is 3.04. The summed E-state index contributed by atoms with van der Waals surface area (Å²) in [5.74, 6) is -1.99. The highest BCUT2D eigenvalue weighted by Gasteiger charge is 2.11. The van der Waals surface area contributed by atoms with Crippen LogP contribution in [0.15, 0.2) is 35.1 Å². The van der Waals surface area contributed by atoms with E-state index in [0.717, 1.165) is 11.6 Å². The second-order valence-corrected chi connectivity index (χ2v) is 4.29. The van der Waals surface area contributed by atoms with Crippen molar-refractivity contribution in [1.82, 2.24) is 4.98 Å². The summed E-state index contributed by atoms with van der Waals surface area (Å²) in [6.45, 7) is 9.87. The summed E-state index contributed by atoms with van der Waals surface area (Å²) in [4.78, 5) is 14.3. The number of aromatic amines is 1. The highest BCUT2D eigenvalue weighted by molar-refractivity contribution is 6.05. The minimum absolute atomic E-state index is 0.0867. The van der Waals surface area contributed by atoms with Crippen LogP contribution >= 0.6 is 0 Å². The lowest BCUT2D eigenvalue weighted by Gasteiger charge is -2.05. The number of hydrogen-bond donors (Lipinski definition) is 1. The van der Waals surface area contributed by atoms with Crippen molar-refractivity contribution in [3.05, 3.63) is 57.9 Å². The van der Waals surface area contributed by atoms with Gasteiger partial charge in [0, 0.05) is 10.8 Å². The smallest absolute Gasteiger partial charge is 0.256 e. The molecule has 0 atom stereocenters. The molecule has 3 rings (SSSR count). The molecule has 0 fully saturated rings. The van der Waals surface area contributed by atoms with Gasteiger partial charge in [-0.3, -0.25) is 4.79 Å². The molecule has 0 spiro atoms. The fourth-order valence-corrected chi connectivity index (χ4v) is 2.16. The van der Waals surface area contributed by atoms with Crippen LogP contribution in [0.1, 0.15) is 33.3 Å². The van der Waals surface area contributed by atoms with Crippen LogP contribution in [0, 0.1) is 18.6 Å². The molecule has 1 aromatic heterocycles. The number of halogens is 2. The molecule has 0 radical (unpaired) electrons.